The van der Waals surface area contributed by atoms with E-state index in [1.807, 2.05) is 0 Å². The topological polar surface area (TPSA) is 36.3 Å². The van der Waals surface area contributed by atoms with E-state index in [4.69, 9.17) is 0 Å². The predicted octanol–water partition coefficient (Wildman–Crippen LogP) is 1.51. The molecule has 2 heterocycles. The van der Waals surface area contributed by atoms with Crippen LogP contribution in [0, 0.1) is 6.92 Å². The van der Waals surface area contributed by atoms with Gasteiger partial charge >= 0.3 is 0 Å². The lowest BCUT2D eigenvalue weighted by atomic mass is 10.2. The summed E-state index contributed by atoms with van der Waals surface area (Å²) in [5, 5.41) is 8.19. The van der Waals surface area contributed by atoms with Gasteiger partial charge in [-0.2, -0.15) is 5.10 Å². The van der Waals surface area contributed by atoms with Gasteiger partial charge in [-0.1, -0.05) is 13.8 Å². The minimum Gasteiger partial charge on any atom is -0.354 e. The molecule has 0 atom stereocenters. The van der Waals surface area contributed by atoms with Gasteiger partial charge in [-0.05, 0) is 19.8 Å². The third-order valence-corrected chi connectivity index (χ3v) is 4.68. The SMILES string of the molecule is Cc1nn(C)c(N2CCN(C3CC3)CC2)c1CNC(C)C. The first-order valence-corrected chi connectivity index (χ1v) is 8.31. The number of anilines is 1. The van der Waals surface area contributed by atoms with Crippen LogP contribution in [0.3, 0.4) is 0 Å². The molecule has 5 heteroatoms. The monoisotopic (exact) mass is 291 g/mol. The number of aryl methyl sites for hydroxylation is 2. The Labute approximate surface area is 128 Å². The Morgan fingerprint density at radius 1 is 1.19 bits per heavy atom. The zero-order valence-corrected chi connectivity index (χ0v) is 13.9. The van der Waals surface area contributed by atoms with E-state index < -0.39 is 0 Å². The van der Waals surface area contributed by atoms with Gasteiger partial charge in [0.05, 0.1) is 5.69 Å². The van der Waals surface area contributed by atoms with Crippen molar-refractivity contribution in [1.29, 1.82) is 0 Å². The fourth-order valence-electron chi connectivity index (χ4n) is 3.34. The van der Waals surface area contributed by atoms with Gasteiger partial charge in [0, 0.05) is 57.4 Å². The molecule has 1 aromatic rings. The van der Waals surface area contributed by atoms with Gasteiger partial charge in [0.15, 0.2) is 0 Å². The van der Waals surface area contributed by atoms with Crippen molar-refractivity contribution in [1.82, 2.24) is 20.0 Å². The Kier molecular flexibility index (Phi) is 4.22. The van der Waals surface area contributed by atoms with Crippen LogP contribution in [0.1, 0.15) is 37.9 Å². The molecule has 0 radical (unpaired) electrons. The first kappa shape index (κ1) is 14.9. The maximum atomic E-state index is 4.65. The fourth-order valence-corrected chi connectivity index (χ4v) is 3.34. The van der Waals surface area contributed by atoms with Gasteiger partial charge in [0.2, 0.25) is 0 Å². The summed E-state index contributed by atoms with van der Waals surface area (Å²) in [7, 11) is 2.08. The summed E-state index contributed by atoms with van der Waals surface area (Å²) in [6, 6.07) is 1.40. The third kappa shape index (κ3) is 3.24. The maximum Gasteiger partial charge on any atom is 0.131 e. The van der Waals surface area contributed by atoms with E-state index in [0.29, 0.717) is 6.04 Å². The van der Waals surface area contributed by atoms with Crippen LogP contribution >= 0.6 is 0 Å². The van der Waals surface area contributed by atoms with Gasteiger partial charge in [-0.25, -0.2) is 0 Å². The van der Waals surface area contributed by atoms with E-state index in [2.05, 4.69) is 52.7 Å². The van der Waals surface area contributed by atoms with E-state index in [-0.39, 0.29) is 0 Å². The minimum atomic E-state index is 0.504. The number of nitrogens with zero attached hydrogens (tertiary/aromatic N) is 4. The lowest BCUT2D eigenvalue weighted by molar-refractivity contribution is 0.247. The van der Waals surface area contributed by atoms with Gasteiger partial charge in [0.25, 0.3) is 0 Å². The summed E-state index contributed by atoms with van der Waals surface area (Å²) < 4.78 is 2.07. The second-order valence-corrected chi connectivity index (χ2v) is 6.80. The molecule has 0 bridgehead atoms. The quantitative estimate of drug-likeness (QED) is 0.892. The molecule has 3 rings (SSSR count). The summed E-state index contributed by atoms with van der Waals surface area (Å²) in [5.74, 6) is 1.32. The normalized spacial score (nSPS) is 20.5. The van der Waals surface area contributed by atoms with Crippen LogP contribution in [-0.4, -0.2) is 52.9 Å². The molecule has 118 valence electrons. The standard InChI is InChI=1S/C16H29N5/c1-12(2)17-11-15-13(3)18-19(4)16(15)21-9-7-20(8-10-21)14-5-6-14/h12,14,17H,5-11H2,1-4H3. The highest BCUT2D eigenvalue weighted by atomic mass is 15.4. The average molecular weight is 291 g/mol. The second kappa shape index (κ2) is 5.97. The van der Waals surface area contributed by atoms with Crippen molar-refractivity contribution in [3.05, 3.63) is 11.3 Å². The molecule has 21 heavy (non-hydrogen) atoms. The molecule has 1 N–H and O–H groups in total. The van der Waals surface area contributed by atoms with Crippen LogP contribution in [0.4, 0.5) is 5.82 Å². The minimum absolute atomic E-state index is 0.504. The molecule has 0 unspecified atom stereocenters. The molecule has 1 saturated carbocycles. The Balaban J connectivity index is 1.71. The molecule has 0 aromatic carbocycles. The average Bonchev–Trinajstić information content (AvgIpc) is 3.23. The Bertz CT molecular complexity index is 481. The van der Waals surface area contributed by atoms with E-state index in [9.17, 15) is 0 Å². The lowest BCUT2D eigenvalue weighted by Gasteiger charge is -2.36. The first-order valence-electron chi connectivity index (χ1n) is 8.31. The molecule has 1 aromatic heterocycles. The molecule has 2 fully saturated rings. The van der Waals surface area contributed by atoms with Gasteiger partial charge in [0.1, 0.15) is 5.82 Å². The van der Waals surface area contributed by atoms with Crippen LogP contribution in [0.25, 0.3) is 0 Å². The van der Waals surface area contributed by atoms with Crippen molar-refractivity contribution in [2.24, 2.45) is 7.05 Å². The predicted molar refractivity (Wildman–Crippen MR) is 86.7 cm³/mol. The zero-order chi connectivity index (χ0) is 15.0. The highest BCUT2D eigenvalue weighted by molar-refractivity contribution is 5.50. The second-order valence-electron chi connectivity index (χ2n) is 6.80. The third-order valence-electron chi connectivity index (χ3n) is 4.68. The number of hydrogen-bond acceptors (Lipinski definition) is 4. The van der Waals surface area contributed by atoms with Gasteiger partial charge in [-0.15, -0.1) is 0 Å². The number of aromatic nitrogens is 2. The summed E-state index contributed by atoms with van der Waals surface area (Å²) in [4.78, 5) is 5.18. The van der Waals surface area contributed by atoms with E-state index in [1.54, 1.807) is 0 Å². The van der Waals surface area contributed by atoms with Crippen molar-refractivity contribution < 1.29 is 0 Å². The Hall–Kier alpha value is -1.07. The Morgan fingerprint density at radius 3 is 2.43 bits per heavy atom. The molecule has 1 saturated heterocycles. The van der Waals surface area contributed by atoms with E-state index >= 15 is 0 Å². The van der Waals surface area contributed by atoms with Crippen molar-refractivity contribution in [2.45, 2.75) is 52.2 Å². The van der Waals surface area contributed by atoms with Crippen molar-refractivity contribution in [3.8, 4) is 0 Å². The largest absolute Gasteiger partial charge is 0.354 e. The van der Waals surface area contributed by atoms with Crippen LogP contribution in [0.2, 0.25) is 0 Å². The number of nitrogens with one attached hydrogen (secondary N) is 1. The van der Waals surface area contributed by atoms with Crippen LogP contribution in [0.15, 0.2) is 0 Å². The van der Waals surface area contributed by atoms with E-state index in [0.717, 1.165) is 31.4 Å². The van der Waals surface area contributed by atoms with E-state index in [1.165, 1.54) is 37.3 Å². The molecule has 1 aliphatic heterocycles. The molecular formula is C16H29N5. The maximum absolute atomic E-state index is 4.65. The Morgan fingerprint density at radius 2 is 1.86 bits per heavy atom. The number of rotatable bonds is 5. The van der Waals surface area contributed by atoms with Gasteiger partial charge < -0.3 is 10.2 Å². The number of hydrogen-bond donors (Lipinski definition) is 1. The lowest BCUT2D eigenvalue weighted by Crippen LogP contribution is -2.48. The summed E-state index contributed by atoms with van der Waals surface area (Å²) in [5.41, 5.74) is 2.52. The molecule has 5 nitrogen and oxygen atoms in total. The van der Waals surface area contributed by atoms with Crippen molar-refractivity contribution in [2.75, 3.05) is 31.1 Å². The fraction of sp³-hybridized carbons (Fsp3) is 0.812. The molecule has 2 aliphatic rings. The summed E-state index contributed by atoms with van der Waals surface area (Å²) in [6.07, 6.45) is 2.82. The van der Waals surface area contributed by atoms with Crippen molar-refractivity contribution >= 4 is 5.82 Å². The van der Waals surface area contributed by atoms with Crippen molar-refractivity contribution in [3.63, 3.8) is 0 Å². The van der Waals surface area contributed by atoms with Crippen LogP contribution < -0.4 is 10.2 Å². The summed E-state index contributed by atoms with van der Waals surface area (Å²) in [6.45, 7) is 12.1. The van der Waals surface area contributed by atoms with Gasteiger partial charge in [-0.3, -0.25) is 9.58 Å². The number of piperazine rings is 1. The zero-order valence-electron chi connectivity index (χ0n) is 13.9. The molecule has 0 amide bonds. The molecule has 1 aliphatic carbocycles. The molecule has 0 spiro atoms. The summed E-state index contributed by atoms with van der Waals surface area (Å²) >= 11 is 0. The highest BCUT2D eigenvalue weighted by Crippen LogP contribution is 2.30. The highest BCUT2D eigenvalue weighted by Gasteiger charge is 2.32. The molecular weight excluding hydrogens is 262 g/mol. The first-order chi connectivity index (χ1) is 10.1. The van der Waals surface area contributed by atoms with Crippen LogP contribution in [0.5, 0.6) is 0 Å². The smallest absolute Gasteiger partial charge is 0.131 e. The van der Waals surface area contributed by atoms with Crippen LogP contribution in [-0.2, 0) is 13.6 Å².